The maximum atomic E-state index is 13.7. The molecule has 1 saturated heterocycles. The first-order valence-corrected chi connectivity index (χ1v) is 12.5. The number of rotatable bonds is 6. The number of aromatic nitrogens is 1. The predicted molar refractivity (Wildman–Crippen MR) is 137 cm³/mol. The van der Waals surface area contributed by atoms with Gasteiger partial charge in [-0.05, 0) is 56.7 Å². The zero-order valence-electron chi connectivity index (χ0n) is 20.3. The lowest BCUT2D eigenvalue weighted by Crippen LogP contribution is -2.36. The second kappa shape index (κ2) is 11.0. The SMILES string of the molecule is CC(C)(C)OC(=O)NCCn1c(-c2ccc(N3CCOCC3)cc2)csc1=Nc1cccc(F)c1. The van der Waals surface area contributed by atoms with Crippen molar-refractivity contribution in [2.75, 3.05) is 37.7 Å². The molecule has 7 nitrogen and oxygen atoms in total. The van der Waals surface area contributed by atoms with E-state index in [1.807, 2.05) is 30.7 Å². The molecule has 1 amide bonds. The standard InChI is InChI=1S/C26H31FN4O3S/c1-26(2,3)34-25(32)28-11-12-31-23(18-35-24(31)29-21-6-4-5-20(27)17-21)19-7-9-22(10-8-19)30-13-15-33-16-14-30/h4-10,17-18H,11-16H2,1-3H3,(H,28,32). The number of carbonyl (C=O) groups is 1. The molecule has 0 aliphatic carbocycles. The van der Waals surface area contributed by atoms with Crippen molar-refractivity contribution in [1.82, 2.24) is 9.88 Å². The van der Waals surface area contributed by atoms with Gasteiger partial charge in [0.1, 0.15) is 11.4 Å². The fraction of sp³-hybridized carbons (Fsp3) is 0.385. The fourth-order valence-electron chi connectivity index (χ4n) is 3.77. The van der Waals surface area contributed by atoms with Crippen LogP contribution in [0.3, 0.4) is 0 Å². The molecule has 0 spiro atoms. The molecule has 1 aromatic heterocycles. The molecular weight excluding hydrogens is 467 g/mol. The number of thiazole rings is 1. The number of anilines is 1. The summed E-state index contributed by atoms with van der Waals surface area (Å²) in [5, 5.41) is 4.85. The largest absolute Gasteiger partial charge is 0.444 e. The molecule has 35 heavy (non-hydrogen) atoms. The highest BCUT2D eigenvalue weighted by Crippen LogP contribution is 2.25. The average Bonchev–Trinajstić information content (AvgIpc) is 3.21. The average molecular weight is 499 g/mol. The Kier molecular flexibility index (Phi) is 7.87. The number of amides is 1. The third-order valence-electron chi connectivity index (χ3n) is 5.37. The van der Waals surface area contributed by atoms with Crippen LogP contribution in [0.15, 0.2) is 58.9 Å². The first-order chi connectivity index (χ1) is 16.8. The zero-order chi connectivity index (χ0) is 24.8. The van der Waals surface area contributed by atoms with Crippen molar-refractivity contribution in [3.8, 4) is 11.3 Å². The molecule has 0 atom stereocenters. The number of ether oxygens (including phenoxy) is 2. The van der Waals surface area contributed by atoms with Gasteiger partial charge in [-0.3, -0.25) is 0 Å². The Morgan fingerprint density at radius 1 is 1.17 bits per heavy atom. The van der Waals surface area contributed by atoms with Crippen LogP contribution in [0.5, 0.6) is 0 Å². The van der Waals surface area contributed by atoms with Crippen LogP contribution in [0.1, 0.15) is 20.8 Å². The van der Waals surface area contributed by atoms with Gasteiger partial charge >= 0.3 is 6.09 Å². The minimum absolute atomic E-state index is 0.333. The van der Waals surface area contributed by atoms with Crippen molar-refractivity contribution in [3.63, 3.8) is 0 Å². The van der Waals surface area contributed by atoms with Crippen LogP contribution in [0, 0.1) is 5.82 Å². The van der Waals surface area contributed by atoms with Gasteiger partial charge in [0.2, 0.25) is 0 Å². The van der Waals surface area contributed by atoms with Gasteiger partial charge in [-0.2, -0.15) is 0 Å². The Balaban J connectivity index is 1.60. The number of hydrogen-bond donors (Lipinski definition) is 1. The van der Waals surface area contributed by atoms with Crippen molar-refractivity contribution < 1.29 is 18.7 Å². The summed E-state index contributed by atoms with van der Waals surface area (Å²) in [5.74, 6) is -0.333. The summed E-state index contributed by atoms with van der Waals surface area (Å²) in [4.78, 5) is 19.8. The van der Waals surface area contributed by atoms with Crippen LogP contribution in [0.2, 0.25) is 0 Å². The quantitative estimate of drug-likeness (QED) is 0.522. The summed E-state index contributed by atoms with van der Waals surface area (Å²) in [6.45, 7) is 9.57. The Hall–Kier alpha value is -3.17. The predicted octanol–water partition coefficient (Wildman–Crippen LogP) is 4.95. The van der Waals surface area contributed by atoms with Gasteiger partial charge in [0.15, 0.2) is 4.80 Å². The van der Waals surface area contributed by atoms with Crippen molar-refractivity contribution in [2.45, 2.75) is 32.9 Å². The van der Waals surface area contributed by atoms with E-state index in [-0.39, 0.29) is 5.82 Å². The van der Waals surface area contributed by atoms with Gasteiger partial charge in [0.05, 0.1) is 24.6 Å². The van der Waals surface area contributed by atoms with E-state index in [2.05, 4.69) is 39.5 Å². The second-order valence-electron chi connectivity index (χ2n) is 9.22. The monoisotopic (exact) mass is 498 g/mol. The molecule has 1 aliphatic heterocycles. The Morgan fingerprint density at radius 2 is 1.91 bits per heavy atom. The lowest BCUT2D eigenvalue weighted by Gasteiger charge is -2.28. The maximum absolute atomic E-state index is 13.7. The van der Waals surface area contributed by atoms with Crippen molar-refractivity contribution in [3.05, 3.63) is 64.5 Å². The lowest BCUT2D eigenvalue weighted by molar-refractivity contribution is 0.0526. The molecule has 1 N–H and O–H groups in total. The smallest absolute Gasteiger partial charge is 0.407 e. The summed E-state index contributed by atoms with van der Waals surface area (Å²) >= 11 is 1.48. The highest BCUT2D eigenvalue weighted by Gasteiger charge is 2.16. The first kappa shape index (κ1) is 24.9. The molecule has 0 saturated carbocycles. The van der Waals surface area contributed by atoms with Crippen LogP contribution >= 0.6 is 11.3 Å². The zero-order valence-corrected chi connectivity index (χ0v) is 21.1. The van der Waals surface area contributed by atoms with E-state index < -0.39 is 11.7 Å². The molecular formula is C26H31FN4O3S. The van der Waals surface area contributed by atoms with E-state index in [1.54, 1.807) is 12.1 Å². The Bertz CT molecular complexity index is 1210. The summed E-state index contributed by atoms with van der Waals surface area (Å²) in [7, 11) is 0. The van der Waals surface area contributed by atoms with Crippen LogP contribution < -0.4 is 15.0 Å². The molecule has 1 fully saturated rings. The van der Waals surface area contributed by atoms with Crippen LogP contribution in [0.4, 0.5) is 20.6 Å². The number of hydrogen-bond acceptors (Lipinski definition) is 6. The number of morpholine rings is 1. The molecule has 9 heteroatoms. The Labute approximate surface area is 208 Å². The number of nitrogens with zero attached hydrogens (tertiary/aromatic N) is 3. The van der Waals surface area contributed by atoms with E-state index in [1.165, 1.54) is 23.5 Å². The molecule has 186 valence electrons. The van der Waals surface area contributed by atoms with E-state index >= 15 is 0 Å². The van der Waals surface area contributed by atoms with E-state index in [0.29, 0.717) is 23.6 Å². The topological polar surface area (TPSA) is 68.1 Å². The van der Waals surface area contributed by atoms with Gasteiger partial charge in [-0.1, -0.05) is 18.2 Å². The molecule has 0 unspecified atom stereocenters. The maximum Gasteiger partial charge on any atom is 0.407 e. The van der Waals surface area contributed by atoms with Gasteiger partial charge in [0, 0.05) is 37.2 Å². The third kappa shape index (κ3) is 6.93. The van der Waals surface area contributed by atoms with Crippen molar-refractivity contribution in [1.29, 1.82) is 0 Å². The molecule has 2 heterocycles. The van der Waals surface area contributed by atoms with Gasteiger partial charge in [-0.25, -0.2) is 14.2 Å². The number of alkyl carbamates (subject to hydrolysis) is 1. The molecule has 4 rings (SSSR count). The van der Waals surface area contributed by atoms with Gasteiger partial charge < -0.3 is 24.3 Å². The minimum atomic E-state index is -0.565. The summed E-state index contributed by atoms with van der Waals surface area (Å²) in [6.07, 6.45) is -0.464. The number of carbonyl (C=O) groups excluding carboxylic acids is 1. The number of nitrogens with one attached hydrogen (secondary N) is 1. The van der Waals surface area contributed by atoms with Gasteiger partial charge in [0.25, 0.3) is 0 Å². The molecule has 1 aliphatic rings. The van der Waals surface area contributed by atoms with Crippen LogP contribution in [-0.2, 0) is 16.0 Å². The van der Waals surface area contributed by atoms with Crippen LogP contribution in [0.25, 0.3) is 11.3 Å². The Morgan fingerprint density at radius 3 is 2.60 bits per heavy atom. The van der Waals surface area contributed by atoms with Crippen molar-refractivity contribution in [2.24, 2.45) is 4.99 Å². The van der Waals surface area contributed by atoms with E-state index in [4.69, 9.17) is 9.47 Å². The summed E-state index contributed by atoms with van der Waals surface area (Å²) in [5.41, 5.74) is 3.15. The van der Waals surface area contributed by atoms with Crippen LogP contribution in [-0.4, -0.2) is 49.1 Å². The summed E-state index contributed by atoms with van der Waals surface area (Å²) < 4.78 is 26.6. The normalized spacial score (nSPS) is 14.7. The van der Waals surface area contributed by atoms with Gasteiger partial charge in [-0.15, -0.1) is 11.3 Å². The van der Waals surface area contributed by atoms with E-state index in [9.17, 15) is 9.18 Å². The molecule has 0 bridgehead atoms. The molecule has 3 aromatic rings. The highest BCUT2D eigenvalue weighted by molar-refractivity contribution is 7.07. The number of halogens is 1. The second-order valence-corrected chi connectivity index (χ2v) is 10.1. The van der Waals surface area contributed by atoms with E-state index in [0.717, 1.165) is 43.2 Å². The third-order valence-corrected chi connectivity index (χ3v) is 6.24. The fourth-order valence-corrected chi connectivity index (χ4v) is 4.73. The summed E-state index contributed by atoms with van der Waals surface area (Å²) in [6, 6.07) is 14.6. The first-order valence-electron chi connectivity index (χ1n) is 11.7. The van der Waals surface area contributed by atoms with Crippen molar-refractivity contribution >= 4 is 28.8 Å². The highest BCUT2D eigenvalue weighted by atomic mass is 32.1. The lowest BCUT2D eigenvalue weighted by atomic mass is 10.1. The molecule has 0 radical (unpaired) electrons. The minimum Gasteiger partial charge on any atom is -0.444 e. The number of benzene rings is 2. The molecule has 2 aromatic carbocycles.